The van der Waals surface area contributed by atoms with Crippen LogP contribution in [0.2, 0.25) is 0 Å². The summed E-state index contributed by atoms with van der Waals surface area (Å²) in [5.41, 5.74) is 1.26. The molecule has 1 aliphatic rings. The molecular weight excluding hydrogens is 242 g/mol. The summed E-state index contributed by atoms with van der Waals surface area (Å²) < 4.78 is 7.52. The summed E-state index contributed by atoms with van der Waals surface area (Å²) in [6.07, 6.45) is 6.33. The van der Waals surface area contributed by atoms with E-state index in [4.69, 9.17) is 10.00 Å². The minimum Gasteiger partial charge on any atom is -0.488 e. The number of tetrazole rings is 1. The van der Waals surface area contributed by atoms with Crippen LogP contribution in [0.1, 0.15) is 31.2 Å². The molecule has 19 heavy (non-hydrogen) atoms. The van der Waals surface area contributed by atoms with Gasteiger partial charge in [-0.25, -0.2) is 0 Å². The highest BCUT2D eigenvalue weighted by Crippen LogP contribution is 2.29. The van der Waals surface area contributed by atoms with Crippen LogP contribution < -0.4 is 4.74 Å². The van der Waals surface area contributed by atoms with E-state index in [0.717, 1.165) is 18.6 Å². The Morgan fingerprint density at radius 3 is 2.84 bits per heavy atom. The third-order valence-electron chi connectivity index (χ3n) is 3.28. The van der Waals surface area contributed by atoms with Crippen LogP contribution in [-0.2, 0) is 0 Å². The summed E-state index contributed by atoms with van der Waals surface area (Å²) >= 11 is 0. The van der Waals surface area contributed by atoms with Crippen molar-refractivity contribution in [3.05, 3.63) is 30.1 Å². The monoisotopic (exact) mass is 255 g/mol. The van der Waals surface area contributed by atoms with E-state index in [9.17, 15) is 0 Å². The summed E-state index contributed by atoms with van der Waals surface area (Å²) in [6, 6.07) is 7.41. The van der Waals surface area contributed by atoms with E-state index in [-0.39, 0.29) is 6.10 Å². The Labute approximate surface area is 110 Å². The Morgan fingerprint density at radius 1 is 1.32 bits per heavy atom. The fourth-order valence-electron chi connectivity index (χ4n) is 2.32. The van der Waals surface area contributed by atoms with Gasteiger partial charge in [-0.3, -0.25) is 0 Å². The summed E-state index contributed by atoms with van der Waals surface area (Å²) in [6.45, 7) is 0. The van der Waals surface area contributed by atoms with Crippen LogP contribution in [-0.4, -0.2) is 26.3 Å². The van der Waals surface area contributed by atoms with E-state index >= 15 is 0 Å². The van der Waals surface area contributed by atoms with Crippen LogP contribution in [0.25, 0.3) is 5.69 Å². The standard InChI is InChI=1S/C13H13N5O/c14-8-10-5-6-13(19-11-3-1-2-4-11)12(7-10)18-9-15-16-17-18/h5-7,9,11H,1-4H2. The van der Waals surface area contributed by atoms with Gasteiger partial charge in [0.1, 0.15) is 17.8 Å². The first-order valence-electron chi connectivity index (χ1n) is 6.31. The van der Waals surface area contributed by atoms with Crippen LogP contribution in [0.4, 0.5) is 0 Å². The molecule has 1 saturated carbocycles. The normalized spacial score (nSPS) is 15.3. The van der Waals surface area contributed by atoms with Gasteiger partial charge in [-0.1, -0.05) is 0 Å². The second kappa shape index (κ2) is 5.06. The van der Waals surface area contributed by atoms with Gasteiger partial charge in [0.25, 0.3) is 0 Å². The van der Waals surface area contributed by atoms with E-state index in [1.807, 2.05) is 6.07 Å². The van der Waals surface area contributed by atoms with E-state index in [0.29, 0.717) is 11.3 Å². The fourth-order valence-corrected chi connectivity index (χ4v) is 2.32. The first-order chi connectivity index (χ1) is 9.36. The molecule has 0 radical (unpaired) electrons. The van der Waals surface area contributed by atoms with Crippen LogP contribution in [0.3, 0.4) is 0 Å². The van der Waals surface area contributed by atoms with Crippen molar-refractivity contribution >= 4 is 0 Å². The molecule has 1 aromatic heterocycles. The average Bonchev–Trinajstić information content (AvgIpc) is 3.12. The number of benzene rings is 1. The zero-order chi connectivity index (χ0) is 13.1. The van der Waals surface area contributed by atoms with Crippen LogP contribution >= 0.6 is 0 Å². The smallest absolute Gasteiger partial charge is 0.145 e. The van der Waals surface area contributed by atoms with Gasteiger partial charge >= 0.3 is 0 Å². The lowest BCUT2D eigenvalue weighted by Gasteiger charge is -2.16. The third-order valence-corrected chi connectivity index (χ3v) is 3.28. The van der Waals surface area contributed by atoms with E-state index in [2.05, 4.69) is 21.6 Å². The number of ether oxygens (including phenoxy) is 1. The maximum atomic E-state index is 8.98. The molecule has 1 aromatic carbocycles. The number of rotatable bonds is 3. The van der Waals surface area contributed by atoms with Gasteiger partial charge in [-0.15, -0.1) is 5.10 Å². The Bertz CT molecular complexity index is 596. The Balaban J connectivity index is 1.96. The zero-order valence-electron chi connectivity index (χ0n) is 10.4. The molecule has 6 heteroatoms. The minimum atomic E-state index is 0.253. The molecule has 0 N–H and O–H groups in total. The number of nitriles is 1. The molecule has 2 aromatic rings. The molecule has 0 saturated heterocycles. The quantitative estimate of drug-likeness (QED) is 0.836. The van der Waals surface area contributed by atoms with Crippen molar-refractivity contribution in [2.45, 2.75) is 31.8 Å². The maximum absolute atomic E-state index is 8.98. The molecular formula is C13H13N5O. The van der Waals surface area contributed by atoms with Gasteiger partial charge in [-0.05, 0) is 54.3 Å². The SMILES string of the molecule is N#Cc1ccc(OC2CCCC2)c(-n2cnnn2)c1. The van der Waals surface area contributed by atoms with Gasteiger partial charge < -0.3 is 4.74 Å². The van der Waals surface area contributed by atoms with Crippen molar-refractivity contribution in [3.63, 3.8) is 0 Å². The maximum Gasteiger partial charge on any atom is 0.145 e. The summed E-state index contributed by atoms with van der Waals surface area (Å²) in [5.74, 6) is 0.721. The van der Waals surface area contributed by atoms with Crippen molar-refractivity contribution < 1.29 is 4.74 Å². The average molecular weight is 255 g/mol. The number of aromatic nitrogens is 4. The van der Waals surface area contributed by atoms with E-state index < -0.39 is 0 Å². The molecule has 0 atom stereocenters. The lowest BCUT2D eigenvalue weighted by Crippen LogP contribution is -2.13. The molecule has 0 bridgehead atoms. The molecule has 6 nitrogen and oxygen atoms in total. The largest absolute Gasteiger partial charge is 0.488 e. The molecule has 3 rings (SSSR count). The predicted octanol–water partition coefficient (Wildman–Crippen LogP) is 1.86. The first kappa shape index (κ1) is 11.7. The topological polar surface area (TPSA) is 76.6 Å². The van der Waals surface area contributed by atoms with Crippen LogP contribution in [0.5, 0.6) is 5.75 Å². The van der Waals surface area contributed by atoms with Gasteiger partial charge in [0.15, 0.2) is 0 Å². The second-order valence-electron chi connectivity index (χ2n) is 4.57. The molecule has 1 aliphatic carbocycles. The molecule has 96 valence electrons. The zero-order valence-corrected chi connectivity index (χ0v) is 10.4. The van der Waals surface area contributed by atoms with Gasteiger partial charge in [0.05, 0.1) is 17.7 Å². The van der Waals surface area contributed by atoms with Gasteiger partial charge in [-0.2, -0.15) is 9.94 Å². The van der Waals surface area contributed by atoms with E-state index in [1.54, 1.807) is 12.1 Å². The Kier molecular flexibility index (Phi) is 3.11. The van der Waals surface area contributed by atoms with Crippen molar-refractivity contribution in [2.24, 2.45) is 0 Å². The van der Waals surface area contributed by atoms with Crippen molar-refractivity contribution in [1.29, 1.82) is 5.26 Å². The molecule has 0 aliphatic heterocycles. The molecule has 0 unspecified atom stereocenters. The number of hydrogen-bond donors (Lipinski definition) is 0. The van der Waals surface area contributed by atoms with E-state index in [1.165, 1.54) is 23.9 Å². The third kappa shape index (κ3) is 2.40. The Morgan fingerprint density at radius 2 is 2.16 bits per heavy atom. The predicted molar refractivity (Wildman–Crippen MR) is 66.8 cm³/mol. The fraction of sp³-hybridized carbons (Fsp3) is 0.385. The minimum absolute atomic E-state index is 0.253. The van der Waals surface area contributed by atoms with Gasteiger partial charge in [0.2, 0.25) is 0 Å². The second-order valence-corrected chi connectivity index (χ2v) is 4.57. The van der Waals surface area contributed by atoms with Crippen LogP contribution in [0, 0.1) is 11.3 Å². The molecule has 0 spiro atoms. The lowest BCUT2D eigenvalue weighted by atomic mass is 10.2. The van der Waals surface area contributed by atoms with Gasteiger partial charge in [0, 0.05) is 0 Å². The molecule has 1 fully saturated rings. The van der Waals surface area contributed by atoms with Crippen molar-refractivity contribution in [3.8, 4) is 17.5 Å². The highest BCUT2D eigenvalue weighted by Gasteiger charge is 2.19. The number of hydrogen-bond acceptors (Lipinski definition) is 5. The first-order valence-corrected chi connectivity index (χ1v) is 6.31. The highest BCUT2D eigenvalue weighted by molar-refractivity contribution is 5.51. The number of nitrogens with zero attached hydrogens (tertiary/aromatic N) is 5. The summed E-state index contributed by atoms with van der Waals surface area (Å²) in [5, 5.41) is 20.1. The summed E-state index contributed by atoms with van der Waals surface area (Å²) in [4.78, 5) is 0. The molecule has 0 amide bonds. The molecule has 1 heterocycles. The van der Waals surface area contributed by atoms with Crippen LogP contribution in [0.15, 0.2) is 24.5 Å². The van der Waals surface area contributed by atoms with Crippen molar-refractivity contribution in [2.75, 3.05) is 0 Å². The highest BCUT2D eigenvalue weighted by atomic mass is 16.5. The Hall–Kier alpha value is -2.42. The van der Waals surface area contributed by atoms with Crippen molar-refractivity contribution in [1.82, 2.24) is 20.2 Å². The summed E-state index contributed by atoms with van der Waals surface area (Å²) in [7, 11) is 0. The lowest BCUT2D eigenvalue weighted by molar-refractivity contribution is 0.209.